The summed E-state index contributed by atoms with van der Waals surface area (Å²) < 4.78 is 5.77. The SMILES string of the molecule is NC(Cc1ccc(Cl)cc1)c1cc2ccccc2o1. The van der Waals surface area contributed by atoms with Gasteiger partial charge in [-0.1, -0.05) is 41.9 Å². The molecule has 1 aromatic heterocycles. The molecule has 0 aliphatic carbocycles. The van der Waals surface area contributed by atoms with Crippen molar-refractivity contribution in [2.24, 2.45) is 5.73 Å². The Bertz CT molecular complexity index is 654. The molecule has 96 valence electrons. The molecule has 2 N–H and O–H groups in total. The maximum atomic E-state index is 6.20. The van der Waals surface area contributed by atoms with Crippen molar-refractivity contribution in [2.75, 3.05) is 0 Å². The van der Waals surface area contributed by atoms with E-state index in [0.717, 1.165) is 33.7 Å². The molecule has 1 heterocycles. The Labute approximate surface area is 116 Å². The maximum absolute atomic E-state index is 6.20. The Morgan fingerprint density at radius 1 is 1.05 bits per heavy atom. The molecule has 0 spiro atoms. The molecular formula is C16H14ClNO. The number of rotatable bonds is 3. The topological polar surface area (TPSA) is 39.2 Å². The van der Waals surface area contributed by atoms with Crippen LogP contribution in [0, 0.1) is 0 Å². The quantitative estimate of drug-likeness (QED) is 0.770. The van der Waals surface area contributed by atoms with E-state index in [4.69, 9.17) is 21.8 Å². The monoisotopic (exact) mass is 271 g/mol. The highest BCUT2D eigenvalue weighted by Gasteiger charge is 2.12. The fraction of sp³-hybridized carbons (Fsp3) is 0.125. The molecule has 3 heteroatoms. The minimum atomic E-state index is -0.145. The average Bonchev–Trinajstić information content (AvgIpc) is 2.85. The summed E-state index contributed by atoms with van der Waals surface area (Å²) in [5.74, 6) is 0.816. The van der Waals surface area contributed by atoms with Gasteiger partial charge in [0.05, 0.1) is 6.04 Å². The number of nitrogens with two attached hydrogens (primary N) is 1. The van der Waals surface area contributed by atoms with Crippen LogP contribution in [0.1, 0.15) is 17.4 Å². The first-order valence-corrected chi connectivity index (χ1v) is 6.59. The van der Waals surface area contributed by atoms with Gasteiger partial charge in [-0.3, -0.25) is 0 Å². The minimum absolute atomic E-state index is 0.145. The normalized spacial score (nSPS) is 12.7. The highest BCUT2D eigenvalue weighted by Crippen LogP contribution is 2.25. The van der Waals surface area contributed by atoms with Gasteiger partial charge >= 0.3 is 0 Å². The molecule has 0 aliphatic heterocycles. The standard InChI is InChI=1S/C16H14ClNO/c17-13-7-5-11(6-8-13)9-14(18)16-10-12-3-1-2-4-15(12)19-16/h1-8,10,14H,9,18H2. The van der Waals surface area contributed by atoms with Crippen LogP contribution in [0.2, 0.25) is 5.02 Å². The number of hydrogen-bond acceptors (Lipinski definition) is 2. The third kappa shape index (κ3) is 2.65. The zero-order valence-corrected chi connectivity index (χ0v) is 11.1. The molecule has 0 fully saturated rings. The number of fused-ring (bicyclic) bond motifs is 1. The number of benzene rings is 2. The zero-order valence-electron chi connectivity index (χ0n) is 10.3. The number of furan rings is 1. The lowest BCUT2D eigenvalue weighted by Gasteiger charge is -2.08. The largest absolute Gasteiger partial charge is 0.459 e. The summed E-state index contributed by atoms with van der Waals surface area (Å²) in [5, 5.41) is 1.82. The summed E-state index contributed by atoms with van der Waals surface area (Å²) in [5.41, 5.74) is 8.23. The van der Waals surface area contributed by atoms with Gasteiger partial charge in [0.2, 0.25) is 0 Å². The van der Waals surface area contributed by atoms with E-state index in [9.17, 15) is 0 Å². The lowest BCUT2D eigenvalue weighted by Crippen LogP contribution is -2.12. The summed E-state index contributed by atoms with van der Waals surface area (Å²) in [6, 6.07) is 17.5. The Morgan fingerprint density at radius 2 is 1.79 bits per heavy atom. The van der Waals surface area contributed by atoms with Crippen LogP contribution >= 0.6 is 11.6 Å². The van der Waals surface area contributed by atoms with Gasteiger partial charge in [0.15, 0.2) is 0 Å². The van der Waals surface area contributed by atoms with E-state index in [1.54, 1.807) is 0 Å². The van der Waals surface area contributed by atoms with Crippen molar-refractivity contribution in [1.29, 1.82) is 0 Å². The van der Waals surface area contributed by atoms with E-state index < -0.39 is 0 Å². The second kappa shape index (κ2) is 5.08. The first-order chi connectivity index (χ1) is 9.22. The molecule has 0 saturated heterocycles. The van der Waals surface area contributed by atoms with E-state index in [0.29, 0.717) is 0 Å². The molecule has 0 amide bonds. The van der Waals surface area contributed by atoms with Crippen molar-refractivity contribution >= 4 is 22.6 Å². The second-order valence-electron chi connectivity index (χ2n) is 4.62. The van der Waals surface area contributed by atoms with Gasteiger partial charge in [0, 0.05) is 10.4 Å². The van der Waals surface area contributed by atoms with Crippen LogP contribution < -0.4 is 5.73 Å². The van der Waals surface area contributed by atoms with Gasteiger partial charge in [-0.05, 0) is 36.2 Å². The molecule has 2 nitrogen and oxygen atoms in total. The first kappa shape index (κ1) is 12.3. The summed E-state index contributed by atoms with van der Waals surface area (Å²) in [6.07, 6.45) is 0.733. The third-order valence-corrected chi connectivity index (χ3v) is 3.43. The lowest BCUT2D eigenvalue weighted by molar-refractivity contribution is 0.494. The molecule has 0 bridgehead atoms. The Kier molecular flexibility index (Phi) is 3.28. The highest BCUT2D eigenvalue weighted by atomic mass is 35.5. The maximum Gasteiger partial charge on any atom is 0.134 e. The Hall–Kier alpha value is -1.77. The molecule has 1 unspecified atom stereocenters. The van der Waals surface area contributed by atoms with Gasteiger partial charge in [-0.2, -0.15) is 0 Å². The van der Waals surface area contributed by atoms with E-state index in [-0.39, 0.29) is 6.04 Å². The molecule has 19 heavy (non-hydrogen) atoms. The van der Waals surface area contributed by atoms with Crippen molar-refractivity contribution in [3.05, 3.63) is 70.9 Å². The fourth-order valence-corrected chi connectivity index (χ4v) is 2.29. The van der Waals surface area contributed by atoms with Crippen molar-refractivity contribution in [3.8, 4) is 0 Å². The van der Waals surface area contributed by atoms with Crippen molar-refractivity contribution in [3.63, 3.8) is 0 Å². The van der Waals surface area contributed by atoms with Crippen molar-refractivity contribution in [1.82, 2.24) is 0 Å². The third-order valence-electron chi connectivity index (χ3n) is 3.18. The zero-order chi connectivity index (χ0) is 13.2. The van der Waals surface area contributed by atoms with Crippen molar-refractivity contribution in [2.45, 2.75) is 12.5 Å². The first-order valence-electron chi connectivity index (χ1n) is 6.21. The molecule has 2 aromatic carbocycles. The summed E-state index contributed by atoms with van der Waals surface area (Å²) in [7, 11) is 0. The van der Waals surface area contributed by atoms with Crippen LogP contribution in [0.5, 0.6) is 0 Å². The summed E-state index contributed by atoms with van der Waals surface area (Å²) in [4.78, 5) is 0. The highest BCUT2D eigenvalue weighted by molar-refractivity contribution is 6.30. The van der Waals surface area contributed by atoms with E-state index in [2.05, 4.69) is 0 Å². The fourth-order valence-electron chi connectivity index (χ4n) is 2.16. The van der Waals surface area contributed by atoms with E-state index >= 15 is 0 Å². The van der Waals surface area contributed by atoms with Crippen LogP contribution in [0.15, 0.2) is 59.0 Å². The molecule has 3 rings (SSSR count). The Morgan fingerprint density at radius 3 is 2.53 bits per heavy atom. The Balaban J connectivity index is 1.83. The van der Waals surface area contributed by atoms with Gasteiger partial charge in [-0.15, -0.1) is 0 Å². The minimum Gasteiger partial charge on any atom is -0.459 e. The summed E-state index contributed by atoms with van der Waals surface area (Å²) >= 11 is 5.87. The predicted molar refractivity (Wildman–Crippen MR) is 78.3 cm³/mol. The smallest absolute Gasteiger partial charge is 0.134 e. The van der Waals surface area contributed by atoms with Gasteiger partial charge in [0.1, 0.15) is 11.3 Å². The van der Waals surface area contributed by atoms with E-state index in [1.165, 1.54) is 0 Å². The van der Waals surface area contributed by atoms with Gasteiger partial charge in [-0.25, -0.2) is 0 Å². The average molecular weight is 272 g/mol. The molecule has 0 aliphatic rings. The predicted octanol–water partition coefficient (Wildman–Crippen LogP) is 4.33. The van der Waals surface area contributed by atoms with Crippen LogP contribution in [-0.4, -0.2) is 0 Å². The summed E-state index contributed by atoms with van der Waals surface area (Å²) in [6.45, 7) is 0. The lowest BCUT2D eigenvalue weighted by atomic mass is 10.0. The van der Waals surface area contributed by atoms with Crippen LogP contribution in [-0.2, 0) is 6.42 Å². The second-order valence-corrected chi connectivity index (χ2v) is 5.06. The van der Waals surface area contributed by atoms with Crippen LogP contribution in [0.4, 0.5) is 0 Å². The number of halogens is 1. The molecule has 1 atom stereocenters. The van der Waals surface area contributed by atoms with E-state index in [1.807, 2.05) is 54.6 Å². The molecule has 3 aromatic rings. The molecular weight excluding hydrogens is 258 g/mol. The molecule has 0 saturated carbocycles. The number of para-hydroxylation sites is 1. The van der Waals surface area contributed by atoms with Gasteiger partial charge < -0.3 is 10.2 Å². The van der Waals surface area contributed by atoms with Crippen molar-refractivity contribution < 1.29 is 4.42 Å². The number of hydrogen-bond donors (Lipinski definition) is 1. The van der Waals surface area contributed by atoms with Crippen LogP contribution in [0.3, 0.4) is 0 Å². The van der Waals surface area contributed by atoms with Gasteiger partial charge in [0.25, 0.3) is 0 Å². The molecule has 0 radical (unpaired) electrons. The van der Waals surface area contributed by atoms with Crippen LogP contribution in [0.25, 0.3) is 11.0 Å².